The Bertz CT molecular complexity index is 856. The van der Waals surface area contributed by atoms with Crippen LogP contribution in [-0.2, 0) is 4.74 Å². The Hall–Kier alpha value is -3.21. The largest absolute Gasteiger partial charge is 0.462 e. The van der Waals surface area contributed by atoms with Crippen LogP contribution in [0, 0.1) is 6.92 Å². The van der Waals surface area contributed by atoms with Crippen molar-refractivity contribution in [3.05, 3.63) is 88.7 Å². The highest BCUT2D eigenvalue weighted by molar-refractivity contribution is 5.92. The van der Waals surface area contributed by atoms with Crippen LogP contribution >= 0.6 is 0 Å². The number of aromatic nitrogens is 2. The van der Waals surface area contributed by atoms with Gasteiger partial charge in [0.2, 0.25) is 5.95 Å². The van der Waals surface area contributed by atoms with E-state index in [1.807, 2.05) is 60.7 Å². The van der Waals surface area contributed by atoms with E-state index in [2.05, 4.69) is 9.97 Å². The molecule has 5 nitrogen and oxygen atoms in total. The third-order valence-electron chi connectivity index (χ3n) is 4.15. The monoisotopic (exact) mass is 347 g/mol. The maximum absolute atomic E-state index is 12.6. The molecule has 0 saturated heterocycles. The average molecular weight is 347 g/mol. The van der Waals surface area contributed by atoms with Crippen molar-refractivity contribution in [3.63, 3.8) is 0 Å². The molecule has 0 bridgehead atoms. The maximum atomic E-state index is 12.6. The summed E-state index contributed by atoms with van der Waals surface area (Å²) in [5.74, 6) is -0.542. The van der Waals surface area contributed by atoms with Gasteiger partial charge in [-0.25, -0.2) is 14.8 Å². The Morgan fingerprint density at radius 3 is 2.04 bits per heavy atom. The molecule has 1 heterocycles. The fraction of sp³-hybridized carbons (Fsp3) is 0.190. The Morgan fingerprint density at radius 2 is 1.54 bits per heavy atom. The molecule has 5 heteroatoms. The minimum absolute atomic E-state index is 0.141. The van der Waals surface area contributed by atoms with E-state index in [-0.39, 0.29) is 18.5 Å². The molecular weight excluding hydrogens is 326 g/mol. The number of nitrogens with two attached hydrogens (primary N) is 1. The number of carbonyl (C=O) groups is 1. The molecule has 2 N–H and O–H groups in total. The highest BCUT2D eigenvalue weighted by atomic mass is 16.5. The molecule has 0 aliphatic heterocycles. The van der Waals surface area contributed by atoms with Gasteiger partial charge in [-0.05, 0) is 25.0 Å². The van der Waals surface area contributed by atoms with Crippen molar-refractivity contribution in [2.45, 2.75) is 19.8 Å². The number of benzene rings is 2. The molecule has 0 saturated carbocycles. The van der Waals surface area contributed by atoms with Gasteiger partial charge in [0.25, 0.3) is 0 Å². The van der Waals surface area contributed by atoms with Gasteiger partial charge in [-0.1, -0.05) is 60.7 Å². The molecule has 0 spiro atoms. The third kappa shape index (κ3) is 3.57. The van der Waals surface area contributed by atoms with Gasteiger partial charge in [0, 0.05) is 0 Å². The van der Waals surface area contributed by atoms with Crippen LogP contribution in [0.2, 0.25) is 0 Å². The van der Waals surface area contributed by atoms with Crippen LogP contribution in [-0.4, -0.2) is 22.5 Å². The van der Waals surface area contributed by atoms with Crippen molar-refractivity contribution in [1.82, 2.24) is 9.97 Å². The fourth-order valence-corrected chi connectivity index (χ4v) is 3.08. The Kier molecular flexibility index (Phi) is 5.27. The number of hydrogen-bond acceptors (Lipinski definition) is 5. The van der Waals surface area contributed by atoms with E-state index in [1.165, 1.54) is 0 Å². The zero-order chi connectivity index (χ0) is 18.5. The van der Waals surface area contributed by atoms with Gasteiger partial charge in [0.1, 0.15) is 5.56 Å². The van der Waals surface area contributed by atoms with Crippen LogP contribution in [0.1, 0.15) is 45.7 Å². The minimum Gasteiger partial charge on any atom is -0.462 e. The Balaban J connectivity index is 2.26. The molecular formula is C21H21N3O2. The van der Waals surface area contributed by atoms with E-state index >= 15 is 0 Å². The van der Waals surface area contributed by atoms with Gasteiger partial charge in [-0.15, -0.1) is 0 Å². The van der Waals surface area contributed by atoms with Crippen LogP contribution in [0.4, 0.5) is 5.95 Å². The SMILES string of the molecule is CCOC(=O)c1c(C)nc(N)nc1C(c1ccccc1)c1ccccc1. The van der Waals surface area contributed by atoms with E-state index in [0.717, 1.165) is 11.1 Å². The molecule has 3 rings (SSSR count). The predicted molar refractivity (Wildman–Crippen MR) is 101 cm³/mol. The van der Waals surface area contributed by atoms with E-state index in [4.69, 9.17) is 10.5 Å². The zero-order valence-corrected chi connectivity index (χ0v) is 14.8. The van der Waals surface area contributed by atoms with Crippen molar-refractivity contribution in [2.75, 3.05) is 12.3 Å². The van der Waals surface area contributed by atoms with E-state index < -0.39 is 5.97 Å². The van der Waals surface area contributed by atoms with Crippen LogP contribution in [0.25, 0.3) is 0 Å². The molecule has 0 aliphatic rings. The molecule has 0 atom stereocenters. The Morgan fingerprint density at radius 1 is 1.00 bits per heavy atom. The van der Waals surface area contributed by atoms with E-state index in [1.54, 1.807) is 13.8 Å². The number of esters is 1. The standard InChI is InChI=1S/C21H21N3O2/c1-3-26-20(25)17-14(2)23-21(22)24-19(17)18(15-10-6-4-7-11-15)16-12-8-5-9-13-16/h4-13,18H,3H2,1-2H3,(H2,22,23,24). The van der Waals surface area contributed by atoms with Crippen molar-refractivity contribution < 1.29 is 9.53 Å². The van der Waals surface area contributed by atoms with Crippen molar-refractivity contribution in [2.24, 2.45) is 0 Å². The van der Waals surface area contributed by atoms with Crippen LogP contribution in [0.15, 0.2) is 60.7 Å². The first-order chi connectivity index (χ1) is 12.6. The summed E-state index contributed by atoms with van der Waals surface area (Å²) in [6.45, 7) is 3.81. The van der Waals surface area contributed by atoms with Gasteiger partial charge < -0.3 is 10.5 Å². The number of carbonyl (C=O) groups excluding carboxylic acids is 1. The number of ether oxygens (including phenoxy) is 1. The molecule has 0 fully saturated rings. The van der Waals surface area contributed by atoms with Crippen LogP contribution in [0.5, 0.6) is 0 Å². The van der Waals surface area contributed by atoms with Crippen molar-refractivity contribution >= 4 is 11.9 Å². The molecule has 0 unspecified atom stereocenters. The van der Waals surface area contributed by atoms with Gasteiger partial charge in [0.05, 0.1) is 23.9 Å². The van der Waals surface area contributed by atoms with Gasteiger partial charge >= 0.3 is 5.97 Å². The molecule has 3 aromatic rings. The van der Waals surface area contributed by atoms with E-state index in [0.29, 0.717) is 17.0 Å². The summed E-state index contributed by atoms with van der Waals surface area (Å²) in [4.78, 5) is 21.3. The molecule has 0 radical (unpaired) electrons. The van der Waals surface area contributed by atoms with Gasteiger partial charge in [0.15, 0.2) is 0 Å². The lowest BCUT2D eigenvalue weighted by Gasteiger charge is -2.21. The topological polar surface area (TPSA) is 78.1 Å². The normalized spacial score (nSPS) is 10.7. The molecule has 26 heavy (non-hydrogen) atoms. The van der Waals surface area contributed by atoms with Crippen molar-refractivity contribution in [1.29, 1.82) is 0 Å². The number of hydrogen-bond donors (Lipinski definition) is 1. The minimum atomic E-state index is -0.433. The second kappa shape index (κ2) is 7.78. The molecule has 0 aliphatic carbocycles. The summed E-state index contributed by atoms with van der Waals surface area (Å²) < 4.78 is 5.25. The average Bonchev–Trinajstić information content (AvgIpc) is 2.63. The first-order valence-corrected chi connectivity index (χ1v) is 8.52. The highest BCUT2D eigenvalue weighted by Crippen LogP contribution is 2.34. The van der Waals surface area contributed by atoms with Crippen molar-refractivity contribution in [3.8, 4) is 0 Å². The Labute approximate surface area is 152 Å². The number of nitrogens with zero attached hydrogens (tertiary/aromatic N) is 2. The summed E-state index contributed by atoms with van der Waals surface area (Å²) in [6, 6.07) is 19.8. The summed E-state index contributed by atoms with van der Waals surface area (Å²) in [5.41, 5.74) is 9.40. The lowest BCUT2D eigenvalue weighted by Crippen LogP contribution is -2.18. The molecule has 2 aromatic carbocycles. The number of aryl methyl sites for hydroxylation is 1. The lowest BCUT2D eigenvalue weighted by molar-refractivity contribution is 0.0523. The highest BCUT2D eigenvalue weighted by Gasteiger charge is 2.27. The number of anilines is 1. The fourth-order valence-electron chi connectivity index (χ4n) is 3.08. The maximum Gasteiger partial charge on any atom is 0.341 e. The first-order valence-electron chi connectivity index (χ1n) is 8.52. The summed E-state index contributed by atoms with van der Waals surface area (Å²) in [5, 5.41) is 0. The quantitative estimate of drug-likeness (QED) is 0.712. The molecule has 1 aromatic heterocycles. The summed E-state index contributed by atoms with van der Waals surface area (Å²) in [7, 11) is 0. The summed E-state index contributed by atoms with van der Waals surface area (Å²) in [6.07, 6.45) is 0. The number of nitrogen functional groups attached to an aromatic ring is 1. The van der Waals surface area contributed by atoms with Crippen LogP contribution in [0.3, 0.4) is 0 Å². The summed E-state index contributed by atoms with van der Waals surface area (Å²) >= 11 is 0. The second-order valence-corrected chi connectivity index (χ2v) is 5.90. The second-order valence-electron chi connectivity index (χ2n) is 5.90. The van der Waals surface area contributed by atoms with Crippen LogP contribution < -0.4 is 5.73 Å². The predicted octanol–water partition coefficient (Wildman–Crippen LogP) is 3.72. The zero-order valence-electron chi connectivity index (χ0n) is 14.8. The van der Waals surface area contributed by atoms with E-state index in [9.17, 15) is 4.79 Å². The molecule has 132 valence electrons. The first kappa shape index (κ1) is 17.6. The molecule has 0 amide bonds. The third-order valence-corrected chi connectivity index (χ3v) is 4.15. The lowest BCUT2D eigenvalue weighted by atomic mass is 9.86. The van der Waals surface area contributed by atoms with Gasteiger partial charge in [-0.2, -0.15) is 0 Å². The number of rotatable bonds is 5. The smallest absolute Gasteiger partial charge is 0.341 e. The van der Waals surface area contributed by atoms with Gasteiger partial charge in [-0.3, -0.25) is 0 Å².